The van der Waals surface area contributed by atoms with Gasteiger partial charge in [0.25, 0.3) is 6.01 Å². The van der Waals surface area contributed by atoms with Crippen molar-refractivity contribution in [3.05, 3.63) is 23.8 Å². The topological polar surface area (TPSA) is 84.6 Å². The van der Waals surface area contributed by atoms with E-state index in [9.17, 15) is 4.79 Å². The van der Waals surface area contributed by atoms with Gasteiger partial charge in [-0.2, -0.15) is 4.98 Å². The summed E-state index contributed by atoms with van der Waals surface area (Å²) in [6.07, 6.45) is 4.72. The number of ether oxygens (including phenoxy) is 1. The molecule has 0 radical (unpaired) electrons. The Bertz CT molecular complexity index is 632. The van der Waals surface area contributed by atoms with Crippen LogP contribution in [0.15, 0.2) is 22.6 Å². The Morgan fingerprint density at radius 1 is 1.43 bits per heavy atom. The molecule has 2 N–H and O–H groups in total. The fourth-order valence-corrected chi connectivity index (χ4v) is 2.51. The molecule has 112 valence electrons. The van der Waals surface area contributed by atoms with E-state index >= 15 is 0 Å². The van der Waals surface area contributed by atoms with Crippen molar-refractivity contribution in [2.45, 2.75) is 31.8 Å². The van der Waals surface area contributed by atoms with Crippen molar-refractivity contribution in [1.82, 2.24) is 4.98 Å². The lowest BCUT2D eigenvalue weighted by molar-refractivity contribution is 0.0134. The molecule has 2 heterocycles. The highest BCUT2D eigenvalue weighted by molar-refractivity contribution is 5.92. The number of benzene rings is 1. The normalized spacial score (nSPS) is 18.8. The van der Waals surface area contributed by atoms with Crippen LogP contribution < -0.4 is 5.32 Å². The third-order valence-electron chi connectivity index (χ3n) is 3.65. The van der Waals surface area contributed by atoms with E-state index in [0.717, 1.165) is 32.4 Å². The molecule has 1 saturated heterocycles. The van der Waals surface area contributed by atoms with Gasteiger partial charge < -0.3 is 19.6 Å². The molecule has 1 aliphatic rings. The minimum Gasteiger partial charge on any atom is -0.478 e. The van der Waals surface area contributed by atoms with Crippen LogP contribution in [0.3, 0.4) is 0 Å². The van der Waals surface area contributed by atoms with Crippen LogP contribution in [0.4, 0.5) is 6.01 Å². The van der Waals surface area contributed by atoms with Gasteiger partial charge in [0, 0.05) is 13.2 Å². The van der Waals surface area contributed by atoms with E-state index in [1.807, 2.05) is 0 Å². The molecule has 6 nitrogen and oxygen atoms in total. The molecule has 0 amide bonds. The molecular formula is C15H18N2O4. The first-order valence-electron chi connectivity index (χ1n) is 7.22. The van der Waals surface area contributed by atoms with E-state index in [-0.39, 0.29) is 5.56 Å². The molecule has 6 heteroatoms. The van der Waals surface area contributed by atoms with E-state index in [1.54, 1.807) is 6.07 Å². The van der Waals surface area contributed by atoms with E-state index in [1.165, 1.54) is 18.6 Å². The highest BCUT2D eigenvalue weighted by Gasteiger charge is 2.14. The summed E-state index contributed by atoms with van der Waals surface area (Å²) in [5.41, 5.74) is 1.32. The molecule has 1 aromatic heterocycles. The summed E-state index contributed by atoms with van der Waals surface area (Å²) in [5.74, 6) is -0.975. The summed E-state index contributed by atoms with van der Waals surface area (Å²) in [4.78, 5) is 15.2. The molecular weight excluding hydrogens is 272 g/mol. The van der Waals surface area contributed by atoms with Crippen LogP contribution in [-0.4, -0.2) is 35.3 Å². The minimum absolute atomic E-state index is 0.195. The maximum atomic E-state index is 10.9. The number of nitrogens with one attached hydrogen (secondary N) is 1. The number of carbonyl (C=O) groups is 1. The van der Waals surface area contributed by atoms with Crippen molar-refractivity contribution in [1.29, 1.82) is 0 Å². The van der Waals surface area contributed by atoms with Gasteiger partial charge in [-0.25, -0.2) is 4.79 Å². The van der Waals surface area contributed by atoms with Gasteiger partial charge >= 0.3 is 5.97 Å². The van der Waals surface area contributed by atoms with Crippen molar-refractivity contribution in [3.8, 4) is 0 Å². The number of fused-ring (bicyclic) bond motifs is 1. The number of hydrogen-bond acceptors (Lipinski definition) is 5. The van der Waals surface area contributed by atoms with Crippen molar-refractivity contribution >= 4 is 23.1 Å². The second kappa shape index (κ2) is 6.13. The first-order chi connectivity index (χ1) is 10.2. The molecule has 1 atom stereocenters. The standard InChI is InChI=1S/C15H18N2O4/c18-14(19)10-4-5-12-13(9-10)21-15(17-12)16-7-6-11-3-1-2-8-20-11/h4-5,9,11H,1-3,6-8H2,(H,16,17)(H,18,19). The monoisotopic (exact) mass is 290 g/mol. The van der Waals surface area contributed by atoms with E-state index in [2.05, 4.69) is 10.3 Å². The largest absolute Gasteiger partial charge is 0.478 e. The second-order valence-electron chi connectivity index (χ2n) is 5.21. The lowest BCUT2D eigenvalue weighted by Gasteiger charge is -2.22. The number of oxazole rings is 1. The molecule has 0 aliphatic carbocycles. The second-order valence-corrected chi connectivity index (χ2v) is 5.21. The number of nitrogens with zero attached hydrogens (tertiary/aromatic N) is 1. The Hall–Kier alpha value is -2.08. The quantitative estimate of drug-likeness (QED) is 0.880. The average molecular weight is 290 g/mol. The van der Waals surface area contributed by atoms with Crippen LogP contribution in [0.25, 0.3) is 11.1 Å². The van der Waals surface area contributed by atoms with Gasteiger partial charge in [-0.15, -0.1) is 0 Å². The maximum absolute atomic E-state index is 10.9. The smallest absolute Gasteiger partial charge is 0.335 e. The molecule has 1 aromatic carbocycles. The lowest BCUT2D eigenvalue weighted by atomic mass is 10.1. The molecule has 1 unspecified atom stereocenters. The first kappa shape index (κ1) is 13.9. The number of carboxylic acid groups (broad SMARTS) is 1. The van der Waals surface area contributed by atoms with Crippen LogP contribution in [0.2, 0.25) is 0 Å². The third kappa shape index (κ3) is 3.33. The fraction of sp³-hybridized carbons (Fsp3) is 0.467. The van der Waals surface area contributed by atoms with Crippen molar-refractivity contribution in [2.24, 2.45) is 0 Å². The van der Waals surface area contributed by atoms with Crippen LogP contribution in [0, 0.1) is 0 Å². The summed E-state index contributed by atoms with van der Waals surface area (Å²) < 4.78 is 11.2. The molecule has 0 spiro atoms. The fourth-order valence-electron chi connectivity index (χ4n) is 2.51. The summed E-state index contributed by atoms with van der Waals surface area (Å²) in [7, 11) is 0. The maximum Gasteiger partial charge on any atom is 0.335 e. The van der Waals surface area contributed by atoms with Crippen LogP contribution in [0.1, 0.15) is 36.0 Å². The highest BCUT2D eigenvalue weighted by atomic mass is 16.5. The predicted molar refractivity (Wildman–Crippen MR) is 77.7 cm³/mol. The third-order valence-corrected chi connectivity index (χ3v) is 3.65. The summed E-state index contributed by atoms with van der Waals surface area (Å²) in [6, 6.07) is 5.08. The lowest BCUT2D eigenvalue weighted by Crippen LogP contribution is -2.22. The van der Waals surface area contributed by atoms with E-state index < -0.39 is 5.97 Å². The Labute approximate surface area is 122 Å². The molecule has 21 heavy (non-hydrogen) atoms. The SMILES string of the molecule is O=C(O)c1ccc2nc(NCCC3CCCCO3)oc2c1. The van der Waals surface area contributed by atoms with Crippen molar-refractivity contribution < 1.29 is 19.1 Å². The number of carboxylic acids is 1. The van der Waals surface area contributed by atoms with Crippen LogP contribution in [0.5, 0.6) is 0 Å². The molecule has 3 rings (SSSR count). The highest BCUT2D eigenvalue weighted by Crippen LogP contribution is 2.21. The van der Waals surface area contributed by atoms with E-state index in [0.29, 0.717) is 23.2 Å². The average Bonchev–Trinajstić information content (AvgIpc) is 2.90. The van der Waals surface area contributed by atoms with Gasteiger partial charge in [-0.1, -0.05) is 0 Å². The van der Waals surface area contributed by atoms with Gasteiger partial charge in [-0.05, 0) is 43.9 Å². The van der Waals surface area contributed by atoms with E-state index in [4.69, 9.17) is 14.3 Å². The Morgan fingerprint density at radius 3 is 3.10 bits per heavy atom. The predicted octanol–water partition coefficient (Wildman–Crippen LogP) is 2.90. The number of anilines is 1. The summed E-state index contributed by atoms with van der Waals surface area (Å²) >= 11 is 0. The number of aromatic nitrogens is 1. The zero-order valence-electron chi connectivity index (χ0n) is 11.7. The van der Waals surface area contributed by atoms with Gasteiger partial charge in [0.1, 0.15) is 5.52 Å². The van der Waals surface area contributed by atoms with Gasteiger partial charge in [0.2, 0.25) is 0 Å². The minimum atomic E-state index is -0.975. The Kier molecular flexibility index (Phi) is 4.06. The zero-order chi connectivity index (χ0) is 14.7. The molecule has 0 bridgehead atoms. The molecule has 1 aliphatic heterocycles. The summed E-state index contributed by atoms with van der Waals surface area (Å²) in [6.45, 7) is 1.58. The van der Waals surface area contributed by atoms with Crippen LogP contribution >= 0.6 is 0 Å². The Balaban J connectivity index is 1.60. The van der Waals surface area contributed by atoms with Crippen molar-refractivity contribution in [2.75, 3.05) is 18.5 Å². The van der Waals surface area contributed by atoms with Gasteiger partial charge in [-0.3, -0.25) is 0 Å². The van der Waals surface area contributed by atoms with Gasteiger partial charge in [0.05, 0.1) is 11.7 Å². The number of aromatic carboxylic acids is 1. The molecule has 0 saturated carbocycles. The van der Waals surface area contributed by atoms with Crippen molar-refractivity contribution in [3.63, 3.8) is 0 Å². The zero-order valence-corrected chi connectivity index (χ0v) is 11.7. The van der Waals surface area contributed by atoms with Crippen LogP contribution in [-0.2, 0) is 4.74 Å². The van der Waals surface area contributed by atoms with Gasteiger partial charge in [0.15, 0.2) is 5.58 Å². The number of rotatable bonds is 5. The first-order valence-corrected chi connectivity index (χ1v) is 7.22. The molecule has 2 aromatic rings. The molecule has 1 fully saturated rings. The summed E-state index contributed by atoms with van der Waals surface area (Å²) in [5, 5.41) is 12.1. The Morgan fingerprint density at radius 2 is 2.33 bits per heavy atom. The number of hydrogen-bond donors (Lipinski definition) is 2.